The van der Waals surface area contributed by atoms with Crippen LogP contribution in [0.15, 0.2) is 48.5 Å². The number of hydrogen-bond donors (Lipinski definition) is 2. The molecule has 1 heterocycles. The summed E-state index contributed by atoms with van der Waals surface area (Å²) in [6, 6.07) is 13.3. The number of fused-ring (bicyclic) bond motifs is 1. The molecule has 1 amide bonds. The van der Waals surface area contributed by atoms with Gasteiger partial charge in [0, 0.05) is 17.9 Å². The Morgan fingerprint density at radius 1 is 1.16 bits per heavy atom. The lowest BCUT2D eigenvalue weighted by Crippen LogP contribution is -2.49. The minimum absolute atomic E-state index is 0.0516. The molecular formula is C25H28F3N3O. The summed E-state index contributed by atoms with van der Waals surface area (Å²) in [5, 5.41) is 9.12. The number of primary amides is 1. The van der Waals surface area contributed by atoms with Crippen LogP contribution in [-0.4, -0.2) is 35.7 Å². The Kier molecular flexibility index (Phi) is 5.88. The van der Waals surface area contributed by atoms with E-state index in [1.54, 1.807) is 12.1 Å². The van der Waals surface area contributed by atoms with Gasteiger partial charge in [0.15, 0.2) is 0 Å². The third kappa shape index (κ3) is 3.94. The van der Waals surface area contributed by atoms with Crippen LogP contribution in [0.2, 0.25) is 0 Å². The SMILES string of the molecule is CC(CC(N)=O)N1CCC(C2(c3ccc(C(F)(F)F)cc3)Cc3ccccc3C2=N)CC1. The number of piperidine rings is 1. The molecule has 2 atom stereocenters. The minimum Gasteiger partial charge on any atom is -0.370 e. The normalized spacial score (nSPS) is 23.2. The van der Waals surface area contributed by atoms with Gasteiger partial charge in [0.1, 0.15) is 0 Å². The van der Waals surface area contributed by atoms with Crippen LogP contribution < -0.4 is 5.73 Å². The summed E-state index contributed by atoms with van der Waals surface area (Å²) < 4.78 is 39.5. The first-order valence-corrected chi connectivity index (χ1v) is 11.0. The first kappa shape index (κ1) is 22.5. The number of halogens is 3. The summed E-state index contributed by atoms with van der Waals surface area (Å²) >= 11 is 0. The zero-order valence-electron chi connectivity index (χ0n) is 18.1. The molecule has 1 aliphatic carbocycles. The lowest BCUT2D eigenvalue weighted by atomic mass is 9.63. The lowest BCUT2D eigenvalue weighted by Gasteiger charge is -2.44. The number of rotatable bonds is 5. The molecule has 2 aromatic rings. The molecule has 0 radical (unpaired) electrons. The van der Waals surface area contributed by atoms with E-state index in [0.717, 1.165) is 54.8 Å². The van der Waals surface area contributed by atoms with Crippen LogP contribution in [0, 0.1) is 11.3 Å². The summed E-state index contributed by atoms with van der Waals surface area (Å²) in [6.45, 7) is 3.53. The van der Waals surface area contributed by atoms with Crippen molar-refractivity contribution in [2.75, 3.05) is 13.1 Å². The van der Waals surface area contributed by atoms with Gasteiger partial charge in [-0.05, 0) is 74.0 Å². The van der Waals surface area contributed by atoms with Crippen molar-refractivity contribution < 1.29 is 18.0 Å². The van der Waals surface area contributed by atoms with Gasteiger partial charge in [-0.1, -0.05) is 36.4 Å². The lowest BCUT2D eigenvalue weighted by molar-refractivity contribution is -0.137. The van der Waals surface area contributed by atoms with Crippen LogP contribution >= 0.6 is 0 Å². The van der Waals surface area contributed by atoms with Gasteiger partial charge in [0.05, 0.1) is 11.3 Å². The predicted molar refractivity (Wildman–Crippen MR) is 118 cm³/mol. The topological polar surface area (TPSA) is 70.2 Å². The number of nitrogens with zero attached hydrogens (tertiary/aromatic N) is 1. The Hall–Kier alpha value is -2.67. The fourth-order valence-electron chi connectivity index (χ4n) is 5.59. The van der Waals surface area contributed by atoms with Crippen LogP contribution in [0.5, 0.6) is 0 Å². The van der Waals surface area contributed by atoms with Gasteiger partial charge >= 0.3 is 6.18 Å². The van der Waals surface area contributed by atoms with E-state index in [1.807, 2.05) is 31.2 Å². The molecule has 0 spiro atoms. The second-order valence-corrected chi connectivity index (χ2v) is 9.09. The first-order valence-electron chi connectivity index (χ1n) is 11.0. The predicted octanol–water partition coefficient (Wildman–Crippen LogP) is 4.54. The maximum Gasteiger partial charge on any atom is 0.416 e. The Morgan fingerprint density at radius 3 is 2.34 bits per heavy atom. The van der Waals surface area contributed by atoms with Crippen molar-refractivity contribution in [3.63, 3.8) is 0 Å². The van der Waals surface area contributed by atoms with Crippen LogP contribution in [0.3, 0.4) is 0 Å². The molecule has 1 saturated heterocycles. The number of carbonyl (C=O) groups is 1. The third-order valence-corrected chi connectivity index (χ3v) is 7.28. The molecule has 0 bridgehead atoms. The molecule has 2 unspecified atom stereocenters. The molecule has 4 rings (SSSR count). The van der Waals surface area contributed by atoms with Crippen molar-refractivity contribution in [1.29, 1.82) is 5.41 Å². The van der Waals surface area contributed by atoms with Gasteiger partial charge in [-0.15, -0.1) is 0 Å². The van der Waals surface area contributed by atoms with Crippen molar-refractivity contribution in [3.8, 4) is 0 Å². The van der Waals surface area contributed by atoms with E-state index in [0.29, 0.717) is 18.6 Å². The Bertz CT molecular complexity index is 1010. The number of nitrogens with one attached hydrogen (secondary N) is 1. The highest BCUT2D eigenvalue weighted by atomic mass is 19.4. The van der Waals surface area contributed by atoms with Crippen molar-refractivity contribution >= 4 is 11.6 Å². The van der Waals surface area contributed by atoms with E-state index in [4.69, 9.17) is 11.1 Å². The highest BCUT2D eigenvalue weighted by Crippen LogP contribution is 2.49. The van der Waals surface area contributed by atoms with Crippen molar-refractivity contribution in [1.82, 2.24) is 4.90 Å². The Balaban J connectivity index is 1.67. The Morgan fingerprint density at radius 2 is 1.78 bits per heavy atom. The van der Waals surface area contributed by atoms with E-state index in [2.05, 4.69) is 4.90 Å². The molecule has 1 aliphatic heterocycles. The van der Waals surface area contributed by atoms with E-state index in [-0.39, 0.29) is 17.9 Å². The molecular weight excluding hydrogens is 415 g/mol. The van der Waals surface area contributed by atoms with Crippen LogP contribution in [-0.2, 0) is 22.8 Å². The number of amides is 1. The second kappa shape index (κ2) is 8.35. The summed E-state index contributed by atoms with van der Waals surface area (Å²) in [7, 11) is 0. The standard InChI is InChI=1S/C25H28F3N3O/c1-16(14-22(29)32)31-12-10-19(11-13-31)24(15-17-4-2-3-5-21(17)23(24)30)18-6-8-20(9-7-18)25(26,27)28/h2-9,16,19,30H,10-15H2,1H3,(H2,29,32). The number of alkyl halides is 3. The number of carbonyl (C=O) groups excluding carboxylic acids is 1. The van der Waals surface area contributed by atoms with Gasteiger partial charge in [-0.3, -0.25) is 4.79 Å². The summed E-state index contributed by atoms with van der Waals surface area (Å²) in [5.41, 5.74) is 7.27. The monoisotopic (exact) mass is 443 g/mol. The smallest absolute Gasteiger partial charge is 0.370 e. The van der Waals surface area contributed by atoms with Crippen molar-refractivity contribution in [3.05, 3.63) is 70.8 Å². The molecule has 3 N–H and O–H groups in total. The average molecular weight is 444 g/mol. The van der Waals surface area contributed by atoms with Crippen LogP contribution in [0.25, 0.3) is 0 Å². The minimum atomic E-state index is -4.39. The van der Waals surface area contributed by atoms with Gasteiger partial charge < -0.3 is 16.0 Å². The van der Waals surface area contributed by atoms with E-state index in [1.165, 1.54) is 0 Å². The van der Waals surface area contributed by atoms with Gasteiger partial charge in [-0.2, -0.15) is 13.2 Å². The van der Waals surface area contributed by atoms with E-state index >= 15 is 0 Å². The second-order valence-electron chi connectivity index (χ2n) is 9.09. The zero-order valence-corrected chi connectivity index (χ0v) is 18.1. The maximum atomic E-state index is 13.2. The highest BCUT2D eigenvalue weighted by molar-refractivity contribution is 6.10. The van der Waals surface area contributed by atoms with Gasteiger partial charge in [0.25, 0.3) is 0 Å². The molecule has 0 aromatic heterocycles. The molecule has 2 aromatic carbocycles. The van der Waals surface area contributed by atoms with Gasteiger partial charge in [-0.25, -0.2) is 0 Å². The maximum absolute atomic E-state index is 13.2. The van der Waals surface area contributed by atoms with Crippen molar-refractivity contribution in [2.24, 2.45) is 11.7 Å². The van der Waals surface area contributed by atoms with Crippen molar-refractivity contribution in [2.45, 2.75) is 50.2 Å². The molecule has 170 valence electrons. The number of hydrogen-bond acceptors (Lipinski definition) is 3. The van der Waals surface area contributed by atoms with Crippen LogP contribution in [0.4, 0.5) is 13.2 Å². The molecule has 1 fully saturated rings. The molecule has 0 saturated carbocycles. The van der Waals surface area contributed by atoms with E-state index < -0.39 is 17.2 Å². The third-order valence-electron chi connectivity index (χ3n) is 7.28. The average Bonchev–Trinajstić information content (AvgIpc) is 3.06. The molecule has 32 heavy (non-hydrogen) atoms. The summed E-state index contributed by atoms with van der Waals surface area (Å²) in [4.78, 5) is 13.6. The zero-order chi connectivity index (χ0) is 23.1. The molecule has 4 nitrogen and oxygen atoms in total. The fraction of sp³-hybridized carbons (Fsp3) is 0.440. The molecule has 2 aliphatic rings. The van der Waals surface area contributed by atoms with E-state index in [9.17, 15) is 18.0 Å². The highest BCUT2D eigenvalue weighted by Gasteiger charge is 2.50. The Labute approximate surface area is 186 Å². The number of nitrogens with two attached hydrogens (primary N) is 1. The first-order chi connectivity index (χ1) is 15.1. The number of likely N-dealkylation sites (tertiary alicyclic amines) is 1. The largest absolute Gasteiger partial charge is 0.416 e. The summed E-state index contributed by atoms with van der Waals surface area (Å²) in [6.07, 6.45) is -1.86. The van der Waals surface area contributed by atoms with Gasteiger partial charge in [0.2, 0.25) is 5.91 Å². The fourth-order valence-corrected chi connectivity index (χ4v) is 5.59. The molecule has 7 heteroatoms. The quantitative estimate of drug-likeness (QED) is 0.712. The van der Waals surface area contributed by atoms with Crippen LogP contribution in [0.1, 0.15) is 48.4 Å². The summed E-state index contributed by atoms with van der Waals surface area (Å²) in [5.74, 6) is -0.204. The number of benzene rings is 2.